The van der Waals surface area contributed by atoms with Gasteiger partial charge in [0.05, 0.1) is 5.56 Å². The van der Waals surface area contributed by atoms with Crippen LogP contribution in [0.1, 0.15) is 49.1 Å². The van der Waals surface area contributed by atoms with E-state index in [-0.39, 0.29) is 0 Å². The van der Waals surface area contributed by atoms with Crippen molar-refractivity contribution in [1.82, 2.24) is 0 Å². The summed E-state index contributed by atoms with van der Waals surface area (Å²) in [5.74, 6) is 0.365. The molecular weight excluding hydrogens is 237 g/mol. The van der Waals surface area contributed by atoms with E-state index in [0.717, 1.165) is 31.2 Å². The van der Waals surface area contributed by atoms with Gasteiger partial charge in [-0.05, 0) is 49.3 Å². The standard InChI is InChI=1S/C15H17F3/c16-15(17,18)14-10-8-13(9-11-14)12-6-4-2-1-3-5-7-12/h2,4,8-12H,1,3,5-7H2/b4-2-. The molecule has 3 heteroatoms. The average molecular weight is 254 g/mol. The Morgan fingerprint density at radius 3 is 2.33 bits per heavy atom. The van der Waals surface area contributed by atoms with Crippen LogP contribution in [0.15, 0.2) is 36.4 Å². The van der Waals surface area contributed by atoms with Crippen molar-refractivity contribution < 1.29 is 13.2 Å². The van der Waals surface area contributed by atoms with Crippen LogP contribution < -0.4 is 0 Å². The van der Waals surface area contributed by atoms with Crippen LogP contribution in [0, 0.1) is 0 Å². The topological polar surface area (TPSA) is 0 Å². The highest BCUT2D eigenvalue weighted by molar-refractivity contribution is 5.27. The largest absolute Gasteiger partial charge is 0.416 e. The molecule has 1 atom stereocenters. The first-order chi connectivity index (χ1) is 8.57. The Balaban J connectivity index is 2.13. The third kappa shape index (κ3) is 3.37. The van der Waals surface area contributed by atoms with Crippen molar-refractivity contribution in [3.8, 4) is 0 Å². The van der Waals surface area contributed by atoms with Gasteiger partial charge in [0.15, 0.2) is 0 Å². The average Bonchev–Trinajstić information content (AvgIpc) is 2.27. The molecule has 0 radical (unpaired) electrons. The molecule has 1 aliphatic carbocycles. The van der Waals surface area contributed by atoms with Gasteiger partial charge in [-0.2, -0.15) is 13.2 Å². The van der Waals surface area contributed by atoms with E-state index >= 15 is 0 Å². The van der Waals surface area contributed by atoms with Gasteiger partial charge in [-0.15, -0.1) is 0 Å². The molecule has 0 amide bonds. The third-order valence-corrected chi connectivity index (χ3v) is 3.47. The summed E-state index contributed by atoms with van der Waals surface area (Å²) in [4.78, 5) is 0. The van der Waals surface area contributed by atoms with E-state index in [0.29, 0.717) is 5.92 Å². The first kappa shape index (κ1) is 13.2. The Morgan fingerprint density at radius 2 is 1.67 bits per heavy atom. The number of halogens is 3. The molecule has 1 unspecified atom stereocenters. The molecule has 2 rings (SSSR count). The van der Waals surface area contributed by atoms with Gasteiger partial charge >= 0.3 is 6.18 Å². The molecule has 0 N–H and O–H groups in total. The van der Waals surface area contributed by atoms with Crippen LogP contribution >= 0.6 is 0 Å². The van der Waals surface area contributed by atoms with Gasteiger partial charge < -0.3 is 0 Å². The summed E-state index contributed by atoms with van der Waals surface area (Å²) in [5, 5.41) is 0. The van der Waals surface area contributed by atoms with Gasteiger partial charge in [0, 0.05) is 0 Å². The van der Waals surface area contributed by atoms with E-state index < -0.39 is 11.7 Å². The number of hydrogen-bond donors (Lipinski definition) is 0. The van der Waals surface area contributed by atoms with E-state index in [2.05, 4.69) is 12.2 Å². The van der Waals surface area contributed by atoms with E-state index in [1.54, 1.807) is 12.1 Å². The minimum absolute atomic E-state index is 0.365. The molecule has 1 aliphatic rings. The minimum Gasteiger partial charge on any atom is -0.166 e. The molecule has 18 heavy (non-hydrogen) atoms. The van der Waals surface area contributed by atoms with Crippen LogP contribution in [0.3, 0.4) is 0 Å². The van der Waals surface area contributed by atoms with Crippen LogP contribution in [0.4, 0.5) is 13.2 Å². The van der Waals surface area contributed by atoms with Crippen molar-refractivity contribution >= 4 is 0 Å². The van der Waals surface area contributed by atoms with Gasteiger partial charge in [0.2, 0.25) is 0 Å². The Labute approximate surface area is 106 Å². The molecule has 98 valence electrons. The molecule has 0 spiro atoms. The zero-order valence-electron chi connectivity index (χ0n) is 10.2. The molecule has 1 aromatic rings. The molecule has 1 aromatic carbocycles. The lowest BCUT2D eigenvalue weighted by atomic mass is 9.88. The van der Waals surface area contributed by atoms with Crippen molar-refractivity contribution in [2.45, 2.75) is 44.2 Å². The molecule has 0 nitrogen and oxygen atoms in total. The van der Waals surface area contributed by atoms with Gasteiger partial charge in [0.1, 0.15) is 0 Å². The summed E-state index contributed by atoms with van der Waals surface area (Å²) in [6.45, 7) is 0. The fourth-order valence-electron chi connectivity index (χ4n) is 2.40. The summed E-state index contributed by atoms with van der Waals surface area (Å²) in [6.07, 6.45) is 5.54. The van der Waals surface area contributed by atoms with Gasteiger partial charge in [-0.3, -0.25) is 0 Å². The maximum atomic E-state index is 12.5. The van der Waals surface area contributed by atoms with Crippen molar-refractivity contribution in [3.05, 3.63) is 47.5 Å². The van der Waals surface area contributed by atoms with Gasteiger partial charge in [-0.25, -0.2) is 0 Å². The van der Waals surface area contributed by atoms with Crippen molar-refractivity contribution in [1.29, 1.82) is 0 Å². The Bertz CT molecular complexity index is 401. The number of allylic oxidation sites excluding steroid dienone is 2. The highest BCUT2D eigenvalue weighted by atomic mass is 19.4. The van der Waals surface area contributed by atoms with Gasteiger partial charge in [-0.1, -0.05) is 30.7 Å². The summed E-state index contributed by atoms with van der Waals surface area (Å²) in [6, 6.07) is 5.64. The van der Waals surface area contributed by atoms with Crippen molar-refractivity contribution in [3.63, 3.8) is 0 Å². The van der Waals surface area contributed by atoms with Gasteiger partial charge in [0.25, 0.3) is 0 Å². The predicted molar refractivity (Wildman–Crippen MR) is 66.4 cm³/mol. The third-order valence-electron chi connectivity index (χ3n) is 3.47. The summed E-state index contributed by atoms with van der Waals surface area (Å²) in [5.41, 5.74) is 0.460. The molecule has 0 saturated heterocycles. The van der Waals surface area contributed by atoms with Crippen LogP contribution in [0.25, 0.3) is 0 Å². The maximum absolute atomic E-state index is 12.5. The number of hydrogen-bond acceptors (Lipinski definition) is 0. The van der Waals surface area contributed by atoms with Crippen molar-refractivity contribution in [2.24, 2.45) is 0 Å². The second-order valence-electron chi connectivity index (χ2n) is 4.81. The molecule has 0 aliphatic heterocycles. The van der Waals surface area contributed by atoms with E-state index in [9.17, 15) is 13.2 Å². The zero-order chi connectivity index (χ0) is 13.0. The fourth-order valence-corrected chi connectivity index (χ4v) is 2.40. The molecule has 0 aromatic heterocycles. The Morgan fingerprint density at radius 1 is 0.944 bits per heavy atom. The second-order valence-corrected chi connectivity index (χ2v) is 4.81. The summed E-state index contributed by atoms with van der Waals surface area (Å²) >= 11 is 0. The fraction of sp³-hybridized carbons (Fsp3) is 0.467. The summed E-state index contributed by atoms with van der Waals surface area (Å²) in [7, 11) is 0. The SMILES string of the molecule is FC(F)(F)c1ccc(C2C/C=C\CCCC2)cc1. The van der Waals surface area contributed by atoms with Crippen molar-refractivity contribution in [2.75, 3.05) is 0 Å². The lowest BCUT2D eigenvalue weighted by Gasteiger charge is -2.18. The molecule has 0 saturated carbocycles. The minimum atomic E-state index is -4.24. The zero-order valence-corrected chi connectivity index (χ0v) is 10.2. The maximum Gasteiger partial charge on any atom is 0.416 e. The molecule has 0 heterocycles. The van der Waals surface area contributed by atoms with Crippen LogP contribution in [0.5, 0.6) is 0 Å². The van der Waals surface area contributed by atoms with Crippen LogP contribution in [-0.4, -0.2) is 0 Å². The van der Waals surface area contributed by atoms with E-state index in [4.69, 9.17) is 0 Å². The number of benzene rings is 1. The highest BCUT2D eigenvalue weighted by Gasteiger charge is 2.30. The first-order valence-corrected chi connectivity index (χ1v) is 6.39. The quantitative estimate of drug-likeness (QED) is 0.596. The number of rotatable bonds is 1. The second kappa shape index (κ2) is 5.59. The lowest BCUT2D eigenvalue weighted by molar-refractivity contribution is -0.137. The first-order valence-electron chi connectivity index (χ1n) is 6.39. The van der Waals surface area contributed by atoms with E-state index in [1.165, 1.54) is 18.6 Å². The molecular formula is C15H17F3. The predicted octanol–water partition coefficient (Wildman–Crippen LogP) is 5.31. The van der Waals surface area contributed by atoms with Crippen LogP contribution in [0.2, 0.25) is 0 Å². The smallest absolute Gasteiger partial charge is 0.166 e. The number of alkyl halides is 3. The Kier molecular flexibility index (Phi) is 4.10. The Hall–Kier alpha value is -1.25. The molecule has 0 bridgehead atoms. The van der Waals surface area contributed by atoms with Crippen LogP contribution in [-0.2, 0) is 6.18 Å². The highest BCUT2D eigenvalue weighted by Crippen LogP contribution is 2.32. The molecule has 0 fully saturated rings. The normalized spacial score (nSPS) is 23.2. The monoisotopic (exact) mass is 254 g/mol. The summed E-state index contributed by atoms with van der Waals surface area (Å²) < 4.78 is 37.4. The lowest BCUT2D eigenvalue weighted by Crippen LogP contribution is -2.06. The van der Waals surface area contributed by atoms with E-state index in [1.807, 2.05) is 0 Å².